The second-order valence-electron chi connectivity index (χ2n) is 9.51. The lowest BCUT2D eigenvalue weighted by Gasteiger charge is -2.07. The van der Waals surface area contributed by atoms with Gasteiger partial charge in [0.05, 0.1) is 8.67 Å². The van der Waals surface area contributed by atoms with E-state index >= 15 is 0 Å². The Hall–Kier alpha value is -1.48. The van der Waals surface area contributed by atoms with Gasteiger partial charge >= 0.3 is 0 Å². The minimum Gasteiger partial charge on any atom is -0.139 e. The van der Waals surface area contributed by atoms with E-state index in [4.69, 9.17) is 23.2 Å². The Bertz CT molecular complexity index is 1710. The number of halogens is 2. The molecule has 1 aliphatic rings. The quantitative estimate of drug-likeness (QED) is 0.167. The maximum Gasteiger partial charge on any atom is 0.0935 e. The van der Waals surface area contributed by atoms with Gasteiger partial charge in [-0.15, -0.1) is 68.0 Å². The predicted octanol–water partition coefficient (Wildman–Crippen LogP) is 13.7. The summed E-state index contributed by atoms with van der Waals surface area (Å²) in [5.74, 6) is 0. The number of thiophene rings is 6. The van der Waals surface area contributed by atoms with Gasteiger partial charge in [0.25, 0.3) is 0 Å². The summed E-state index contributed by atoms with van der Waals surface area (Å²) in [6, 6.07) is 22.1. The Morgan fingerprint density at radius 3 is 1.21 bits per heavy atom. The highest BCUT2D eigenvalue weighted by atomic mass is 35.5. The molecule has 0 saturated heterocycles. The molecule has 6 aromatic heterocycles. The molecular weight excluding hydrogens is 636 g/mol. The highest BCUT2D eigenvalue weighted by molar-refractivity contribution is 7.28. The van der Waals surface area contributed by atoms with Crippen LogP contribution in [0.25, 0.3) is 50.2 Å². The summed E-state index contributed by atoms with van der Waals surface area (Å²) in [7, 11) is 0. The molecule has 0 radical (unpaired) electrons. The average Bonchev–Trinajstić information content (AvgIpc) is 3.74. The van der Waals surface area contributed by atoms with Crippen molar-refractivity contribution in [3.63, 3.8) is 0 Å². The molecule has 196 valence electrons. The first-order valence-corrected chi connectivity index (χ1v) is 18.2. The standard InChI is InChI=1S/C31H22Cl2S6/c1-16-20(14-28(34-16)26-8-6-22(36-26)24-10-12-30(32)38-24)18-4-3-5-19(18)21-15-29(35-17(21)2)27-9-7-23(37-27)25-11-13-31(33)39-25/h6-15H,3-5H2,1-2H3. The smallest absolute Gasteiger partial charge is 0.0935 e. The minimum absolute atomic E-state index is 0.841. The van der Waals surface area contributed by atoms with Crippen molar-refractivity contribution in [2.24, 2.45) is 0 Å². The first kappa shape index (κ1) is 26.4. The number of rotatable bonds is 6. The maximum absolute atomic E-state index is 6.19. The van der Waals surface area contributed by atoms with Crippen molar-refractivity contribution >= 4 is 102 Å². The van der Waals surface area contributed by atoms with Crippen molar-refractivity contribution in [3.05, 3.63) is 90.2 Å². The van der Waals surface area contributed by atoms with Crippen LogP contribution in [0.1, 0.15) is 40.1 Å². The molecule has 6 aromatic rings. The predicted molar refractivity (Wildman–Crippen MR) is 182 cm³/mol. The van der Waals surface area contributed by atoms with E-state index in [1.807, 2.05) is 57.5 Å². The fourth-order valence-corrected chi connectivity index (χ4v) is 11.8. The third-order valence-electron chi connectivity index (χ3n) is 7.03. The molecule has 39 heavy (non-hydrogen) atoms. The second-order valence-corrected chi connectivity index (χ2v) is 17.6. The van der Waals surface area contributed by atoms with E-state index in [2.05, 4.69) is 62.4 Å². The first-order valence-electron chi connectivity index (χ1n) is 12.6. The number of hydrogen-bond donors (Lipinski definition) is 0. The SMILES string of the molecule is Cc1sc(-c2ccc(-c3ccc(Cl)s3)s2)cc1C1=C(c2cc(-c3ccc(-c4ccc(Cl)s4)s3)sc2C)CCC1. The van der Waals surface area contributed by atoms with Gasteiger partial charge in [-0.25, -0.2) is 0 Å². The zero-order chi connectivity index (χ0) is 26.7. The number of aryl methyl sites for hydroxylation is 2. The van der Waals surface area contributed by atoms with Gasteiger partial charge in [-0.2, -0.15) is 0 Å². The molecule has 6 heterocycles. The van der Waals surface area contributed by atoms with Crippen molar-refractivity contribution in [1.82, 2.24) is 0 Å². The van der Waals surface area contributed by atoms with Crippen LogP contribution in [0.2, 0.25) is 8.67 Å². The summed E-state index contributed by atoms with van der Waals surface area (Å²) < 4.78 is 1.68. The van der Waals surface area contributed by atoms with Crippen LogP contribution in [0, 0.1) is 13.8 Å². The molecule has 0 aliphatic heterocycles. The van der Waals surface area contributed by atoms with Gasteiger partial charge in [-0.3, -0.25) is 0 Å². The minimum atomic E-state index is 0.841. The molecule has 0 spiro atoms. The second kappa shape index (κ2) is 10.7. The van der Waals surface area contributed by atoms with Crippen LogP contribution in [-0.2, 0) is 0 Å². The third-order valence-corrected chi connectivity index (χ3v) is 14.6. The fraction of sp³-hybridized carbons (Fsp3) is 0.161. The Kier molecular flexibility index (Phi) is 7.27. The molecule has 0 N–H and O–H groups in total. The van der Waals surface area contributed by atoms with E-state index in [0.717, 1.165) is 21.5 Å². The molecule has 0 amide bonds. The normalized spacial score (nSPS) is 13.7. The largest absolute Gasteiger partial charge is 0.139 e. The fourth-order valence-electron chi connectivity index (χ4n) is 5.24. The summed E-state index contributed by atoms with van der Waals surface area (Å²) in [5, 5.41) is 0. The molecule has 7 rings (SSSR count). The molecule has 0 nitrogen and oxygen atoms in total. The summed E-state index contributed by atoms with van der Waals surface area (Å²) in [6.07, 6.45) is 3.54. The highest BCUT2D eigenvalue weighted by Crippen LogP contribution is 2.49. The van der Waals surface area contributed by atoms with E-state index in [-0.39, 0.29) is 0 Å². The first-order chi connectivity index (χ1) is 18.9. The van der Waals surface area contributed by atoms with Crippen LogP contribution in [-0.4, -0.2) is 0 Å². The summed E-state index contributed by atoms with van der Waals surface area (Å²) in [4.78, 5) is 13.3. The Balaban J connectivity index is 1.21. The summed E-state index contributed by atoms with van der Waals surface area (Å²) in [5.41, 5.74) is 5.97. The van der Waals surface area contributed by atoms with Gasteiger partial charge in [-0.1, -0.05) is 23.2 Å². The zero-order valence-electron chi connectivity index (χ0n) is 21.1. The van der Waals surface area contributed by atoms with Crippen LogP contribution in [0.3, 0.4) is 0 Å². The summed E-state index contributed by atoms with van der Waals surface area (Å²) in [6.45, 7) is 4.58. The molecule has 0 saturated carbocycles. The maximum atomic E-state index is 6.19. The van der Waals surface area contributed by atoms with Gasteiger partial charge in [0, 0.05) is 48.8 Å². The molecule has 1 aliphatic carbocycles. The Morgan fingerprint density at radius 2 is 0.821 bits per heavy atom. The van der Waals surface area contributed by atoms with Crippen LogP contribution in [0.4, 0.5) is 0 Å². The molecular formula is C31H22Cl2S6. The third kappa shape index (κ3) is 5.08. The lowest BCUT2D eigenvalue weighted by molar-refractivity contribution is 0.941. The highest BCUT2D eigenvalue weighted by Gasteiger charge is 2.24. The molecule has 0 fully saturated rings. The molecule has 0 unspecified atom stereocenters. The Morgan fingerprint density at radius 1 is 0.462 bits per heavy atom. The molecule has 0 bridgehead atoms. The van der Waals surface area contributed by atoms with Crippen LogP contribution >= 0.6 is 91.2 Å². The van der Waals surface area contributed by atoms with E-state index in [9.17, 15) is 0 Å². The monoisotopic (exact) mass is 656 g/mol. The number of allylic oxidation sites excluding steroid dienone is 2. The molecule has 8 heteroatoms. The van der Waals surface area contributed by atoms with Crippen molar-refractivity contribution in [3.8, 4) is 39.0 Å². The topological polar surface area (TPSA) is 0 Å². The van der Waals surface area contributed by atoms with Crippen molar-refractivity contribution in [2.75, 3.05) is 0 Å². The lowest BCUT2D eigenvalue weighted by Crippen LogP contribution is -1.86. The lowest BCUT2D eigenvalue weighted by atomic mass is 9.97. The van der Waals surface area contributed by atoms with Crippen molar-refractivity contribution in [2.45, 2.75) is 33.1 Å². The van der Waals surface area contributed by atoms with E-state index in [0.29, 0.717) is 0 Å². The van der Waals surface area contributed by atoms with Crippen LogP contribution in [0.5, 0.6) is 0 Å². The van der Waals surface area contributed by atoms with Gasteiger partial charge < -0.3 is 0 Å². The van der Waals surface area contributed by atoms with E-state index in [1.165, 1.54) is 66.3 Å². The van der Waals surface area contributed by atoms with E-state index in [1.54, 1.807) is 33.8 Å². The average molecular weight is 658 g/mol. The van der Waals surface area contributed by atoms with Gasteiger partial charge in [-0.05, 0) is 116 Å². The van der Waals surface area contributed by atoms with E-state index < -0.39 is 0 Å². The Labute approximate surface area is 262 Å². The molecule has 0 atom stereocenters. The van der Waals surface area contributed by atoms with Gasteiger partial charge in [0.2, 0.25) is 0 Å². The zero-order valence-corrected chi connectivity index (χ0v) is 27.5. The number of hydrogen-bond acceptors (Lipinski definition) is 6. The van der Waals surface area contributed by atoms with Crippen LogP contribution < -0.4 is 0 Å². The molecule has 0 aromatic carbocycles. The summed E-state index contributed by atoms with van der Waals surface area (Å²) >= 11 is 23.2. The van der Waals surface area contributed by atoms with Gasteiger partial charge in [0.15, 0.2) is 0 Å². The van der Waals surface area contributed by atoms with Gasteiger partial charge in [0.1, 0.15) is 0 Å². The van der Waals surface area contributed by atoms with Crippen LogP contribution in [0.15, 0.2) is 60.7 Å². The van der Waals surface area contributed by atoms with Crippen molar-refractivity contribution < 1.29 is 0 Å². The van der Waals surface area contributed by atoms with Crippen molar-refractivity contribution in [1.29, 1.82) is 0 Å².